The van der Waals surface area contributed by atoms with E-state index in [1.54, 1.807) is 0 Å². The van der Waals surface area contributed by atoms with E-state index in [2.05, 4.69) is 6.92 Å². The monoisotopic (exact) mass is 793 g/mol. The van der Waals surface area contributed by atoms with Gasteiger partial charge < -0.3 is 29.6 Å². The summed E-state index contributed by atoms with van der Waals surface area (Å²) in [6.45, 7) is 2.29. The van der Waals surface area contributed by atoms with E-state index in [-0.39, 0.29) is 40.2 Å². The first-order valence-electron chi connectivity index (χ1n) is 23.1. The topological polar surface area (TPSA) is 137 Å². The maximum atomic E-state index is 13.4. The third-order valence-electron chi connectivity index (χ3n) is 11.4. The second-order valence-electron chi connectivity index (χ2n) is 16.5. The third kappa shape index (κ3) is 19.5. The smallest absolute Gasteiger partial charge is 0.311 e. The number of hydrogen-bond donors (Lipinski definition) is 4. The molecule has 0 saturated heterocycles. The Morgan fingerprint density at radius 2 is 0.912 bits per heavy atom. The number of benzene rings is 2. The number of phenolic OH excluding ortho intramolecular Hbond substituents is 4. The molecule has 0 radical (unpaired) electrons. The highest BCUT2D eigenvalue weighted by molar-refractivity contribution is 5.89. The van der Waals surface area contributed by atoms with Gasteiger partial charge in [0.1, 0.15) is 22.5 Å². The quantitative estimate of drug-likeness (QED) is 0.0266. The van der Waals surface area contributed by atoms with Crippen molar-refractivity contribution in [3.05, 3.63) is 40.6 Å². The average molecular weight is 793 g/mol. The Hall–Kier alpha value is -3.68. The lowest BCUT2D eigenvalue weighted by atomic mass is 10.0. The molecule has 2 aromatic carbocycles. The number of aromatic hydroxyl groups is 4. The van der Waals surface area contributed by atoms with Gasteiger partial charge in [-0.3, -0.25) is 9.59 Å². The lowest BCUT2D eigenvalue weighted by Gasteiger charge is -2.12. The summed E-state index contributed by atoms with van der Waals surface area (Å²) in [6.07, 6.45) is 41.5. The zero-order valence-electron chi connectivity index (χ0n) is 35.4. The first kappa shape index (κ1) is 47.7. The molecule has 1 heterocycles. The van der Waals surface area contributed by atoms with Crippen LogP contribution >= 0.6 is 0 Å². The summed E-state index contributed by atoms with van der Waals surface area (Å²) in [5.74, 6) is -2.88. The lowest BCUT2D eigenvalue weighted by molar-refractivity contribution is -0.134. The number of phenols is 4. The molecule has 3 aromatic rings. The summed E-state index contributed by atoms with van der Waals surface area (Å²) in [4.78, 5) is 26.2. The molecule has 8 nitrogen and oxygen atoms in total. The fourth-order valence-corrected chi connectivity index (χ4v) is 7.85. The zero-order chi connectivity index (χ0) is 40.9. The van der Waals surface area contributed by atoms with Gasteiger partial charge in [0.15, 0.2) is 17.3 Å². The summed E-state index contributed by atoms with van der Waals surface area (Å²) in [6, 6.07) is 5.94. The molecule has 0 amide bonds. The number of fused-ring (bicyclic) bond motifs is 1. The van der Waals surface area contributed by atoms with Gasteiger partial charge in [-0.1, -0.05) is 200 Å². The molecule has 0 fully saturated rings. The minimum Gasteiger partial charge on any atom is -0.508 e. The maximum Gasteiger partial charge on any atom is 0.311 e. The molecule has 57 heavy (non-hydrogen) atoms. The Balaban J connectivity index is 1.12. The van der Waals surface area contributed by atoms with E-state index in [4.69, 9.17) is 9.15 Å². The van der Waals surface area contributed by atoms with Crippen molar-refractivity contribution in [3.63, 3.8) is 0 Å². The molecule has 0 aliphatic carbocycles. The Labute approximate surface area is 343 Å². The molecule has 0 unspecified atom stereocenters. The summed E-state index contributed by atoms with van der Waals surface area (Å²) in [5, 5.41) is 39.7. The molecule has 0 aliphatic rings. The van der Waals surface area contributed by atoms with Crippen molar-refractivity contribution in [1.82, 2.24) is 0 Å². The molecule has 3 rings (SSSR count). The van der Waals surface area contributed by atoms with Crippen LogP contribution in [0.25, 0.3) is 22.3 Å². The van der Waals surface area contributed by atoms with Gasteiger partial charge in [0.05, 0.1) is 0 Å². The highest BCUT2D eigenvalue weighted by Gasteiger charge is 2.23. The van der Waals surface area contributed by atoms with Crippen molar-refractivity contribution in [1.29, 1.82) is 0 Å². The van der Waals surface area contributed by atoms with Gasteiger partial charge in [0.25, 0.3) is 0 Å². The van der Waals surface area contributed by atoms with Gasteiger partial charge >= 0.3 is 5.97 Å². The second kappa shape index (κ2) is 29.5. The van der Waals surface area contributed by atoms with Crippen LogP contribution < -0.4 is 10.2 Å². The second-order valence-corrected chi connectivity index (χ2v) is 16.5. The summed E-state index contributed by atoms with van der Waals surface area (Å²) in [7, 11) is 0. The molecule has 8 heteroatoms. The van der Waals surface area contributed by atoms with Crippen molar-refractivity contribution in [2.75, 3.05) is 0 Å². The van der Waals surface area contributed by atoms with Crippen LogP contribution in [-0.2, 0) is 4.79 Å². The molecule has 0 saturated carbocycles. The van der Waals surface area contributed by atoms with Crippen LogP contribution in [0.5, 0.6) is 28.7 Å². The van der Waals surface area contributed by atoms with Gasteiger partial charge in [0.2, 0.25) is 11.2 Å². The van der Waals surface area contributed by atoms with Crippen LogP contribution in [0.1, 0.15) is 212 Å². The summed E-state index contributed by atoms with van der Waals surface area (Å²) >= 11 is 0. The van der Waals surface area contributed by atoms with Gasteiger partial charge in [0, 0.05) is 24.1 Å². The Morgan fingerprint density at radius 3 is 1.32 bits per heavy atom. The fourth-order valence-electron chi connectivity index (χ4n) is 7.85. The molecule has 0 spiro atoms. The first-order chi connectivity index (χ1) is 27.8. The maximum absolute atomic E-state index is 13.4. The number of ether oxygens (including phenoxy) is 1. The van der Waals surface area contributed by atoms with Gasteiger partial charge in [-0.25, -0.2) is 0 Å². The predicted molar refractivity (Wildman–Crippen MR) is 234 cm³/mol. The lowest BCUT2D eigenvalue weighted by Crippen LogP contribution is -2.16. The molecular formula is C49H76O8. The molecule has 0 atom stereocenters. The summed E-state index contributed by atoms with van der Waals surface area (Å²) < 4.78 is 11.3. The molecule has 320 valence electrons. The highest BCUT2D eigenvalue weighted by atomic mass is 16.5. The van der Waals surface area contributed by atoms with Crippen LogP contribution in [0, 0.1) is 0 Å². The highest BCUT2D eigenvalue weighted by Crippen LogP contribution is 2.38. The van der Waals surface area contributed by atoms with Gasteiger partial charge in [-0.05, 0) is 24.6 Å². The van der Waals surface area contributed by atoms with E-state index in [0.29, 0.717) is 6.42 Å². The minimum atomic E-state index is -0.791. The average Bonchev–Trinajstić information content (AvgIpc) is 3.18. The number of hydrogen-bond acceptors (Lipinski definition) is 8. The Kier molecular flexibility index (Phi) is 24.7. The molecule has 0 aliphatic heterocycles. The normalized spacial score (nSPS) is 11.5. The van der Waals surface area contributed by atoms with Crippen LogP contribution in [0.3, 0.4) is 0 Å². The molecule has 0 bridgehead atoms. The van der Waals surface area contributed by atoms with Crippen LogP contribution in [0.4, 0.5) is 0 Å². The Morgan fingerprint density at radius 1 is 0.509 bits per heavy atom. The van der Waals surface area contributed by atoms with E-state index in [9.17, 15) is 30.0 Å². The fraction of sp³-hybridized carbons (Fsp3) is 0.673. The number of esters is 1. The van der Waals surface area contributed by atoms with E-state index >= 15 is 0 Å². The Bertz CT molecular complexity index is 1590. The number of carbonyl (C=O) groups excluding carboxylic acids is 1. The first-order valence-corrected chi connectivity index (χ1v) is 23.1. The number of unbranched alkanes of at least 4 members (excludes halogenated alkanes) is 30. The van der Waals surface area contributed by atoms with E-state index in [0.717, 1.165) is 31.4 Å². The molecule has 1 aromatic heterocycles. The van der Waals surface area contributed by atoms with Crippen molar-refractivity contribution < 1.29 is 34.4 Å². The van der Waals surface area contributed by atoms with Crippen molar-refractivity contribution >= 4 is 16.9 Å². The van der Waals surface area contributed by atoms with E-state index in [1.165, 1.54) is 192 Å². The SMILES string of the molecule is CCCCCCCCCCCCCCCCCCCCCCCCCCCCCCCCCC(=O)Oc1c(-c2ccc(O)c(O)c2)oc2cc(O)cc(O)c2c1=O. The molecule has 4 N–H and O–H groups in total. The van der Waals surface area contributed by atoms with Crippen molar-refractivity contribution in [2.45, 2.75) is 212 Å². The minimum absolute atomic E-state index is 0.110. The predicted octanol–water partition coefficient (Wildman–Crippen LogP) is 14.7. The number of rotatable bonds is 34. The van der Waals surface area contributed by atoms with Crippen molar-refractivity contribution in [2.24, 2.45) is 0 Å². The van der Waals surface area contributed by atoms with Crippen LogP contribution in [0.15, 0.2) is 39.5 Å². The van der Waals surface area contributed by atoms with Crippen molar-refractivity contribution in [3.8, 4) is 40.1 Å². The van der Waals surface area contributed by atoms with Gasteiger partial charge in [-0.15, -0.1) is 0 Å². The van der Waals surface area contributed by atoms with E-state index < -0.39 is 28.6 Å². The standard InChI is InChI=1S/C49H76O8/c1-2-3-4-5-6-7-8-9-10-11-12-13-14-15-16-17-18-19-20-21-22-23-24-25-26-27-28-29-30-31-32-33-45(54)57-49-47(55)46-43(53)37-40(50)38-44(46)56-48(49)39-34-35-41(51)42(52)36-39/h34-38,50-53H,2-33H2,1H3. The largest absolute Gasteiger partial charge is 0.508 e. The van der Waals surface area contributed by atoms with E-state index in [1.807, 2.05) is 0 Å². The van der Waals surface area contributed by atoms with Crippen LogP contribution in [0.2, 0.25) is 0 Å². The number of carbonyl (C=O) groups is 1. The molecular weight excluding hydrogens is 717 g/mol. The van der Waals surface area contributed by atoms with Gasteiger partial charge in [-0.2, -0.15) is 0 Å². The zero-order valence-corrected chi connectivity index (χ0v) is 35.4. The third-order valence-corrected chi connectivity index (χ3v) is 11.4. The summed E-state index contributed by atoms with van der Waals surface area (Å²) in [5.41, 5.74) is -0.748. The van der Waals surface area contributed by atoms with Crippen LogP contribution in [-0.4, -0.2) is 26.4 Å².